The van der Waals surface area contributed by atoms with Gasteiger partial charge in [-0.3, -0.25) is 4.79 Å². The van der Waals surface area contributed by atoms with Crippen LogP contribution < -0.4 is 4.74 Å². The lowest BCUT2D eigenvalue weighted by atomic mass is 10.2. The molecule has 21 heavy (non-hydrogen) atoms. The highest BCUT2D eigenvalue weighted by atomic mass is 35.5. The molecular weight excluding hydrogens is 358 g/mol. The number of carbonyl (C=O) groups is 1. The van der Waals surface area contributed by atoms with Gasteiger partial charge in [0, 0.05) is 0 Å². The van der Waals surface area contributed by atoms with Crippen LogP contribution in [0, 0.1) is 5.82 Å². The van der Waals surface area contributed by atoms with Crippen molar-refractivity contribution in [2.75, 3.05) is 6.61 Å². The number of halogens is 7. The average molecular weight is 370 g/mol. The molecule has 0 atom stereocenters. The summed E-state index contributed by atoms with van der Waals surface area (Å²) < 4.78 is 53.9. The zero-order valence-electron chi connectivity index (χ0n) is 11.0. The summed E-state index contributed by atoms with van der Waals surface area (Å²) in [5.74, 6) is -1.50. The van der Waals surface area contributed by atoms with Crippen LogP contribution in [0.5, 0.6) is 5.75 Å². The average Bonchev–Trinajstić information content (AvgIpc) is 2.33. The first-order valence-electron chi connectivity index (χ1n) is 5.70. The van der Waals surface area contributed by atoms with Crippen molar-refractivity contribution in [3.8, 4) is 5.75 Å². The van der Waals surface area contributed by atoms with Gasteiger partial charge in [0.25, 0.3) is 5.24 Å². The zero-order chi connectivity index (χ0) is 16.8. The van der Waals surface area contributed by atoms with Crippen LogP contribution in [0.4, 0.5) is 17.6 Å². The maximum absolute atomic E-state index is 13.3. The van der Waals surface area contributed by atoms with E-state index in [1.165, 1.54) is 0 Å². The minimum absolute atomic E-state index is 0.355. The van der Waals surface area contributed by atoms with E-state index in [4.69, 9.17) is 39.5 Å². The molecule has 0 N–H and O–H groups in total. The van der Waals surface area contributed by atoms with Crippen molar-refractivity contribution in [3.63, 3.8) is 0 Å². The molecule has 2 nitrogen and oxygen atoms in total. The molecule has 0 saturated heterocycles. The van der Waals surface area contributed by atoms with E-state index in [0.717, 1.165) is 0 Å². The van der Waals surface area contributed by atoms with Gasteiger partial charge in [-0.1, -0.05) is 37.0 Å². The molecule has 120 valence electrons. The number of ether oxygens (including phenoxy) is 1. The first-order valence-corrected chi connectivity index (χ1v) is 6.83. The third-order valence-electron chi connectivity index (χ3n) is 1.96. The number of carbonyl (C=O) groups excluding carboxylic acids is 1. The molecule has 0 aliphatic heterocycles. The summed E-state index contributed by atoms with van der Waals surface area (Å²) >= 11 is 16.3. The van der Waals surface area contributed by atoms with E-state index in [1.807, 2.05) is 13.8 Å². The second-order valence-electron chi connectivity index (χ2n) is 3.35. The maximum Gasteiger partial charge on any atom is 0.392 e. The molecule has 0 spiro atoms. The Bertz CT molecular complexity index is 504. The van der Waals surface area contributed by atoms with E-state index < -0.39 is 46.6 Å². The minimum Gasteiger partial charge on any atom is -0.490 e. The second-order valence-corrected chi connectivity index (χ2v) is 4.47. The largest absolute Gasteiger partial charge is 0.490 e. The van der Waals surface area contributed by atoms with Crippen LogP contribution >= 0.6 is 34.8 Å². The first-order chi connectivity index (χ1) is 9.63. The summed E-state index contributed by atoms with van der Waals surface area (Å²) in [6.07, 6.45) is -5.68. The quantitative estimate of drug-likeness (QED) is 0.490. The first kappa shape index (κ1) is 20.3. The van der Waals surface area contributed by atoms with Gasteiger partial charge in [0.2, 0.25) is 0 Å². The molecule has 0 bridgehead atoms. The molecule has 0 heterocycles. The number of hydrogen-bond donors (Lipinski definition) is 0. The van der Waals surface area contributed by atoms with Gasteiger partial charge in [0.15, 0.2) is 5.75 Å². The molecule has 0 saturated carbocycles. The molecule has 1 rings (SSSR count). The highest BCUT2D eigenvalue weighted by Crippen LogP contribution is 2.38. The molecule has 0 radical (unpaired) electrons. The summed E-state index contributed by atoms with van der Waals surface area (Å²) in [6.45, 7) is 3.23. The van der Waals surface area contributed by atoms with E-state index in [-0.39, 0.29) is 5.02 Å². The van der Waals surface area contributed by atoms with Crippen LogP contribution in [0.3, 0.4) is 0 Å². The van der Waals surface area contributed by atoms with Gasteiger partial charge >= 0.3 is 6.18 Å². The summed E-state index contributed by atoms with van der Waals surface area (Å²) in [6, 6.07) is 0.686. The Morgan fingerprint density at radius 2 is 1.81 bits per heavy atom. The van der Waals surface area contributed by atoms with Crippen molar-refractivity contribution >= 4 is 40.0 Å². The summed E-state index contributed by atoms with van der Waals surface area (Å²) in [5.41, 5.74) is -0.699. The number of rotatable bonds is 4. The monoisotopic (exact) mass is 368 g/mol. The fourth-order valence-electron chi connectivity index (χ4n) is 1.15. The Morgan fingerprint density at radius 3 is 2.24 bits per heavy atom. The molecule has 0 aromatic heterocycles. The van der Waals surface area contributed by atoms with Crippen molar-refractivity contribution < 1.29 is 27.1 Å². The predicted molar refractivity (Wildman–Crippen MR) is 74.1 cm³/mol. The summed E-state index contributed by atoms with van der Waals surface area (Å²) in [5, 5.41) is -2.13. The van der Waals surface area contributed by atoms with Crippen molar-refractivity contribution in [1.82, 2.24) is 0 Å². The van der Waals surface area contributed by atoms with Gasteiger partial charge < -0.3 is 4.74 Å². The van der Waals surface area contributed by atoms with Crippen molar-refractivity contribution in [1.29, 1.82) is 0 Å². The van der Waals surface area contributed by atoms with Crippen LogP contribution in [0.1, 0.15) is 30.6 Å². The molecule has 1 aromatic carbocycles. The van der Waals surface area contributed by atoms with E-state index in [0.29, 0.717) is 6.07 Å². The van der Waals surface area contributed by atoms with E-state index >= 15 is 0 Å². The third kappa shape index (κ3) is 6.28. The predicted octanol–water partition coefficient (Wildman–Crippen LogP) is 5.87. The van der Waals surface area contributed by atoms with E-state index in [1.54, 1.807) is 0 Å². The van der Waals surface area contributed by atoms with Gasteiger partial charge in [0.1, 0.15) is 5.82 Å². The Morgan fingerprint density at radius 1 is 1.29 bits per heavy atom. The lowest BCUT2D eigenvalue weighted by Gasteiger charge is -2.13. The van der Waals surface area contributed by atoms with Crippen LogP contribution in [0.2, 0.25) is 10.0 Å². The molecule has 0 amide bonds. The highest BCUT2D eigenvalue weighted by molar-refractivity contribution is 6.69. The molecule has 0 unspecified atom stereocenters. The highest BCUT2D eigenvalue weighted by Gasteiger charge is 2.28. The number of benzene rings is 1. The molecular formula is C12H11Cl3F4O2. The summed E-state index contributed by atoms with van der Waals surface area (Å²) in [7, 11) is 0. The molecule has 0 fully saturated rings. The van der Waals surface area contributed by atoms with Crippen molar-refractivity contribution in [2.24, 2.45) is 0 Å². The van der Waals surface area contributed by atoms with Gasteiger partial charge in [-0.05, 0) is 17.7 Å². The molecule has 1 aromatic rings. The van der Waals surface area contributed by atoms with Crippen LogP contribution in [-0.4, -0.2) is 18.0 Å². The summed E-state index contributed by atoms with van der Waals surface area (Å²) in [4.78, 5) is 10.9. The molecule has 9 heteroatoms. The third-order valence-corrected chi connectivity index (χ3v) is 2.79. The fraction of sp³-hybridized carbons (Fsp3) is 0.417. The topological polar surface area (TPSA) is 26.3 Å². The van der Waals surface area contributed by atoms with Gasteiger partial charge in [-0.2, -0.15) is 13.2 Å². The van der Waals surface area contributed by atoms with Gasteiger partial charge in [0.05, 0.1) is 28.6 Å². The van der Waals surface area contributed by atoms with Crippen LogP contribution in [0.15, 0.2) is 6.07 Å². The SMILES string of the molecule is CC.O=C(Cl)c1c(F)cc(Cl)c(OCCC(F)(F)F)c1Cl. The molecule has 0 aliphatic rings. The number of alkyl halides is 3. The maximum atomic E-state index is 13.3. The lowest BCUT2D eigenvalue weighted by molar-refractivity contribution is -0.139. The van der Waals surface area contributed by atoms with Gasteiger partial charge in [-0.15, -0.1) is 0 Å². The Labute approximate surface area is 133 Å². The van der Waals surface area contributed by atoms with Gasteiger partial charge in [-0.25, -0.2) is 4.39 Å². The lowest BCUT2D eigenvalue weighted by Crippen LogP contribution is -2.13. The second kappa shape index (κ2) is 8.66. The fourth-order valence-corrected chi connectivity index (χ4v) is 2.01. The van der Waals surface area contributed by atoms with E-state index in [9.17, 15) is 22.4 Å². The zero-order valence-corrected chi connectivity index (χ0v) is 13.2. The normalized spacial score (nSPS) is 10.7. The molecule has 0 aliphatic carbocycles. The Balaban J connectivity index is 0.00000191. The van der Waals surface area contributed by atoms with Crippen molar-refractivity contribution in [3.05, 3.63) is 27.5 Å². The Hall–Kier alpha value is -0.720. The minimum atomic E-state index is -4.43. The standard InChI is InChI=1S/C10H5Cl3F4O2.C2H6/c11-4-3-5(14)6(9(13)18)7(12)8(4)19-2-1-10(15,16)17;1-2/h3H,1-2H2;1-2H3. The van der Waals surface area contributed by atoms with Crippen molar-refractivity contribution in [2.45, 2.75) is 26.4 Å². The smallest absolute Gasteiger partial charge is 0.392 e. The van der Waals surface area contributed by atoms with E-state index in [2.05, 4.69) is 0 Å². The number of hydrogen-bond acceptors (Lipinski definition) is 2. The Kier molecular flexibility index (Phi) is 8.36. The van der Waals surface area contributed by atoms with Crippen LogP contribution in [0.25, 0.3) is 0 Å². The van der Waals surface area contributed by atoms with Crippen LogP contribution in [-0.2, 0) is 0 Å².